The van der Waals surface area contributed by atoms with Gasteiger partial charge in [-0.3, -0.25) is 9.48 Å². The van der Waals surface area contributed by atoms with Gasteiger partial charge in [-0.15, -0.1) is 0 Å². The van der Waals surface area contributed by atoms with Crippen molar-refractivity contribution in [3.05, 3.63) is 41.7 Å². The summed E-state index contributed by atoms with van der Waals surface area (Å²) in [5.41, 5.74) is 3.41. The number of nitrogens with one attached hydrogen (secondary N) is 1. The third-order valence-electron chi connectivity index (χ3n) is 4.22. The summed E-state index contributed by atoms with van der Waals surface area (Å²) in [5, 5.41) is 8.17. The van der Waals surface area contributed by atoms with Gasteiger partial charge in [-0.25, -0.2) is 4.98 Å². The maximum atomic E-state index is 12.2. The molecule has 1 amide bonds. The monoisotopic (exact) mass is 338 g/mol. The van der Waals surface area contributed by atoms with Crippen LogP contribution in [-0.2, 0) is 18.3 Å². The number of hydrogen-bond donors (Lipinski definition) is 1. The molecule has 3 heterocycles. The van der Waals surface area contributed by atoms with Crippen LogP contribution in [-0.4, -0.2) is 27.5 Å². The quantitative estimate of drug-likeness (QED) is 0.791. The molecule has 1 aliphatic heterocycles. The first-order chi connectivity index (χ1) is 12.1. The van der Waals surface area contributed by atoms with Crippen LogP contribution in [0.15, 0.2) is 30.5 Å². The van der Waals surface area contributed by atoms with Crippen LogP contribution in [0, 0.1) is 6.92 Å². The van der Waals surface area contributed by atoms with E-state index >= 15 is 0 Å². The number of aryl methyl sites for hydroxylation is 3. The minimum atomic E-state index is -0.0552. The summed E-state index contributed by atoms with van der Waals surface area (Å²) < 4.78 is 12.4. The van der Waals surface area contributed by atoms with Crippen molar-refractivity contribution in [1.29, 1.82) is 0 Å². The van der Waals surface area contributed by atoms with Crippen LogP contribution in [0.4, 0.5) is 5.69 Å². The van der Waals surface area contributed by atoms with Crippen molar-refractivity contribution < 1.29 is 14.3 Å². The Labute approximate surface area is 144 Å². The number of fused-ring (bicyclic) bond motifs is 2. The molecule has 0 spiro atoms. The van der Waals surface area contributed by atoms with Crippen molar-refractivity contribution in [3.8, 4) is 11.5 Å². The van der Waals surface area contributed by atoms with E-state index in [0.29, 0.717) is 18.5 Å². The van der Waals surface area contributed by atoms with E-state index in [0.717, 1.165) is 33.8 Å². The van der Waals surface area contributed by atoms with Crippen LogP contribution in [0.1, 0.15) is 17.7 Å². The van der Waals surface area contributed by atoms with Crippen LogP contribution >= 0.6 is 0 Å². The molecule has 1 N–H and O–H groups in total. The molecule has 0 saturated heterocycles. The zero-order valence-corrected chi connectivity index (χ0v) is 14.1. The molecule has 0 fully saturated rings. The van der Waals surface area contributed by atoms with E-state index in [1.54, 1.807) is 10.9 Å². The summed E-state index contributed by atoms with van der Waals surface area (Å²) in [6.45, 7) is 2.18. The van der Waals surface area contributed by atoms with E-state index < -0.39 is 0 Å². The number of carbonyl (C=O) groups is 1. The smallest absolute Gasteiger partial charge is 0.231 e. The molecular weight excluding hydrogens is 320 g/mol. The molecular formula is C18H18N4O3. The number of rotatable bonds is 4. The molecule has 0 radical (unpaired) electrons. The average Bonchev–Trinajstić information content (AvgIpc) is 3.17. The maximum Gasteiger partial charge on any atom is 0.231 e. The Hall–Kier alpha value is -3.09. The lowest BCUT2D eigenvalue weighted by molar-refractivity contribution is -0.116. The second-order valence-electron chi connectivity index (χ2n) is 6.04. The Bertz CT molecular complexity index is 964. The summed E-state index contributed by atoms with van der Waals surface area (Å²) >= 11 is 0. The summed E-state index contributed by atoms with van der Waals surface area (Å²) in [7, 11) is 1.85. The van der Waals surface area contributed by atoms with Gasteiger partial charge in [0.05, 0.1) is 17.6 Å². The van der Waals surface area contributed by atoms with E-state index in [2.05, 4.69) is 15.4 Å². The van der Waals surface area contributed by atoms with Crippen molar-refractivity contribution in [3.63, 3.8) is 0 Å². The van der Waals surface area contributed by atoms with Gasteiger partial charge in [0.15, 0.2) is 17.1 Å². The van der Waals surface area contributed by atoms with E-state index in [-0.39, 0.29) is 12.7 Å². The van der Waals surface area contributed by atoms with Gasteiger partial charge >= 0.3 is 0 Å². The molecule has 4 rings (SSSR count). The number of benzene rings is 1. The maximum absolute atomic E-state index is 12.2. The molecule has 7 nitrogen and oxygen atoms in total. The van der Waals surface area contributed by atoms with Crippen LogP contribution in [0.25, 0.3) is 11.0 Å². The minimum Gasteiger partial charge on any atom is -0.454 e. The Kier molecular flexibility index (Phi) is 3.76. The van der Waals surface area contributed by atoms with Crippen molar-refractivity contribution in [1.82, 2.24) is 14.8 Å². The lowest BCUT2D eigenvalue weighted by atomic mass is 10.1. The molecule has 1 aliphatic rings. The summed E-state index contributed by atoms with van der Waals surface area (Å²) in [5.74, 6) is 1.43. The normalized spacial score (nSPS) is 12.6. The molecule has 2 aromatic heterocycles. The number of amides is 1. The predicted molar refractivity (Wildman–Crippen MR) is 92.8 cm³/mol. The highest BCUT2D eigenvalue weighted by atomic mass is 16.7. The van der Waals surface area contributed by atoms with Gasteiger partial charge in [0.25, 0.3) is 0 Å². The first-order valence-electron chi connectivity index (χ1n) is 8.08. The Morgan fingerprint density at radius 3 is 3.00 bits per heavy atom. The van der Waals surface area contributed by atoms with Crippen LogP contribution in [0.3, 0.4) is 0 Å². The fraction of sp³-hybridized carbons (Fsp3) is 0.278. The molecule has 0 saturated carbocycles. The molecule has 0 unspecified atom stereocenters. The first kappa shape index (κ1) is 15.4. The largest absolute Gasteiger partial charge is 0.454 e. The third kappa shape index (κ3) is 3.00. The molecule has 128 valence electrons. The van der Waals surface area contributed by atoms with Crippen molar-refractivity contribution in [2.45, 2.75) is 19.8 Å². The fourth-order valence-electron chi connectivity index (χ4n) is 2.95. The predicted octanol–water partition coefficient (Wildman–Crippen LogP) is 2.58. The van der Waals surface area contributed by atoms with Gasteiger partial charge in [0.1, 0.15) is 0 Å². The second kappa shape index (κ2) is 6.08. The number of nitrogens with zero attached hydrogens (tertiary/aromatic N) is 3. The Morgan fingerprint density at radius 1 is 1.28 bits per heavy atom. The lowest BCUT2D eigenvalue weighted by Crippen LogP contribution is -2.12. The van der Waals surface area contributed by atoms with Gasteiger partial charge in [-0.2, -0.15) is 5.10 Å². The average molecular weight is 338 g/mol. The highest BCUT2D eigenvalue weighted by Gasteiger charge is 2.14. The number of anilines is 1. The van der Waals surface area contributed by atoms with Crippen LogP contribution < -0.4 is 14.8 Å². The zero-order chi connectivity index (χ0) is 17.4. The fourth-order valence-corrected chi connectivity index (χ4v) is 2.95. The number of hydrogen-bond acceptors (Lipinski definition) is 5. The number of ether oxygens (including phenoxy) is 2. The Morgan fingerprint density at radius 2 is 2.12 bits per heavy atom. The SMILES string of the molecule is Cc1nn(C)c2ncc(NC(=O)CCc3ccc4c(c3)OCO4)cc12. The van der Waals surface area contributed by atoms with E-state index in [1.807, 2.05) is 38.2 Å². The van der Waals surface area contributed by atoms with Crippen molar-refractivity contribution in [2.24, 2.45) is 7.05 Å². The van der Waals surface area contributed by atoms with Crippen LogP contribution in [0.2, 0.25) is 0 Å². The molecule has 25 heavy (non-hydrogen) atoms. The Balaban J connectivity index is 1.41. The molecule has 1 aromatic carbocycles. The number of pyridine rings is 1. The summed E-state index contributed by atoms with van der Waals surface area (Å²) in [4.78, 5) is 16.6. The summed E-state index contributed by atoms with van der Waals surface area (Å²) in [6, 6.07) is 7.65. The van der Waals surface area contributed by atoms with Crippen LogP contribution in [0.5, 0.6) is 11.5 Å². The number of carbonyl (C=O) groups excluding carboxylic acids is 1. The summed E-state index contributed by atoms with van der Waals surface area (Å²) in [6.07, 6.45) is 2.66. The standard InChI is InChI=1S/C18H18N4O3/c1-11-14-8-13(9-19-18(14)22(2)21-11)20-17(23)6-4-12-3-5-15-16(7-12)25-10-24-15/h3,5,7-9H,4,6,10H2,1-2H3,(H,20,23). The highest BCUT2D eigenvalue weighted by Crippen LogP contribution is 2.32. The molecule has 7 heteroatoms. The van der Waals surface area contributed by atoms with Gasteiger partial charge < -0.3 is 14.8 Å². The van der Waals surface area contributed by atoms with Gasteiger partial charge in [0.2, 0.25) is 12.7 Å². The molecule has 0 aliphatic carbocycles. The highest BCUT2D eigenvalue weighted by molar-refractivity contribution is 5.93. The zero-order valence-electron chi connectivity index (χ0n) is 14.1. The van der Waals surface area contributed by atoms with Gasteiger partial charge in [-0.1, -0.05) is 6.07 Å². The molecule has 3 aromatic rings. The molecule has 0 bridgehead atoms. The van der Waals surface area contributed by atoms with Crippen molar-refractivity contribution in [2.75, 3.05) is 12.1 Å². The lowest BCUT2D eigenvalue weighted by Gasteiger charge is -2.06. The number of aromatic nitrogens is 3. The van der Waals surface area contributed by atoms with E-state index in [9.17, 15) is 4.79 Å². The molecule has 0 atom stereocenters. The topological polar surface area (TPSA) is 78.3 Å². The second-order valence-corrected chi connectivity index (χ2v) is 6.04. The van der Waals surface area contributed by atoms with E-state index in [1.165, 1.54) is 0 Å². The van der Waals surface area contributed by atoms with Gasteiger partial charge in [0, 0.05) is 18.9 Å². The first-order valence-corrected chi connectivity index (χ1v) is 8.08. The minimum absolute atomic E-state index is 0.0552. The third-order valence-corrected chi connectivity index (χ3v) is 4.22. The van der Waals surface area contributed by atoms with E-state index in [4.69, 9.17) is 9.47 Å². The van der Waals surface area contributed by atoms with Gasteiger partial charge in [-0.05, 0) is 37.1 Å². The van der Waals surface area contributed by atoms with Crippen molar-refractivity contribution >= 4 is 22.6 Å².